The first kappa shape index (κ1) is 12.7. The second kappa shape index (κ2) is 6.87. The fourth-order valence-electron chi connectivity index (χ4n) is 2.19. The van der Waals surface area contributed by atoms with E-state index in [-0.39, 0.29) is 0 Å². The highest BCUT2D eigenvalue weighted by Crippen LogP contribution is 2.27. The number of benzene rings is 1. The number of hydrogen-bond donors (Lipinski definition) is 1. The molecule has 1 aliphatic heterocycles. The number of thioether (sulfide) groups is 1. The molecule has 92 valence electrons. The lowest BCUT2D eigenvalue weighted by Gasteiger charge is -2.09. The monoisotopic (exact) mass is 247 g/mol. The summed E-state index contributed by atoms with van der Waals surface area (Å²) in [5, 5.41) is 3.05. The van der Waals surface area contributed by atoms with Gasteiger partial charge in [-0.2, -0.15) is 0 Å². The molecule has 1 aromatic rings. The molecule has 0 saturated heterocycles. The van der Waals surface area contributed by atoms with Crippen LogP contribution in [0.2, 0.25) is 0 Å². The largest absolute Gasteiger partial charge is 0.330 e. The molecular weight excluding hydrogens is 226 g/mol. The molecule has 1 aliphatic rings. The average molecular weight is 247 g/mol. The van der Waals surface area contributed by atoms with Gasteiger partial charge in [-0.25, -0.2) is 0 Å². The maximum absolute atomic E-state index is 5.55. The van der Waals surface area contributed by atoms with Crippen LogP contribution in [0.4, 0.5) is 0 Å². The van der Waals surface area contributed by atoms with Gasteiger partial charge in [-0.1, -0.05) is 30.3 Å². The van der Waals surface area contributed by atoms with Gasteiger partial charge in [-0.3, -0.25) is 0 Å². The summed E-state index contributed by atoms with van der Waals surface area (Å²) in [6.07, 6.45) is 8.23. The Kier molecular flexibility index (Phi) is 5.14. The summed E-state index contributed by atoms with van der Waals surface area (Å²) in [7, 11) is 0. The van der Waals surface area contributed by atoms with Crippen molar-refractivity contribution in [3.8, 4) is 0 Å². The van der Waals surface area contributed by atoms with Crippen molar-refractivity contribution >= 4 is 11.8 Å². The van der Waals surface area contributed by atoms with Gasteiger partial charge in [-0.05, 0) is 55.2 Å². The minimum Gasteiger partial charge on any atom is -0.330 e. The van der Waals surface area contributed by atoms with Crippen molar-refractivity contribution < 1.29 is 0 Å². The van der Waals surface area contributed by atoms with Crippen LogP contribution in [-0.2, 0) is 12.8 Å². The summed E-state index contributed by atoms with van der Waals surface area (Å²) in [4.78, 5) is 0. The molecule has 0 radical (unpaired) electrons. The number of allylic oxidation sites excluding steroid dienone is 1. The standard InChI is InChI=1S/C15H21NS/c16-10-2-6-13-4-1-5-14(12-13)8-9-15-7-3-11-17-15/h1,3-5,11-12,15H,2,6-10,16H2. The SMILES string of the molecule is NCCCc1cccc(CCC2CC=CS2)c1. The third-order valence-electron chi connectivity index (χ3n) is 3.18. The summed E-state index contributed by atoms with van der Waals surface area (Å²) < 4.78 is 0. The van der Waals surface area contributed by atoms with Crippen LogP contribution in [-0.4, -0.2) is 11.8 Å². The molecule has 1 atom stereocenters. The third-order valence-corrected chi connectivity index (χ3v) is 4.34. The van der Waals surface area contributed by atoms with E-state index < -0.39 is 0 Å². The molecule has 1 aromatic carbocycles. The van der Waals surface area contributed by atoms with E-state index in [2.05, 4.69) is 35.7 Å². The van der Waals surface area contributed by atoms with E-state index in [1.54, 1.807) is 0 Å². The Balaban J connectivity index is 1.82. The molecule has 0 fully saturated rings. The molecule has 2 N–H and O–H groups in total. The number of hydrogen-bond acceptors (Lipinski definition) is 2. The van der Waals surface area contributed by atoms with Gasteiger partial charge in [0.25, 0.3) is 0 Å². The highest BCUT2D eigenvalue weighted by molar-refractivity contribution is 8.03. The Labute approximate surface area is 108 Å². The molecule has 0 aromatic heterocycles. The Morgan fingerprint density at radius 3 is 2.76 bits per heavy atom. The van der Waals surface area contributed by atoms with Crippen LogP contribution in [0.15, 0.2) is 35.7 Å². The Morgan fingerprint density at radius 2 is 2.06 bits per heavy atom. The molecule has 0 saturated carbocycles. The molecule has 0 amide bonds. The number of aryl methyl sites for hydroxylation is 2. The van der Waals surface area contributed by atoms with Crippen LogP contribution in [0, 0.1) is 0 Å². The molecule has 2 heteroatoms. The lowest BCUT2D eigenvalue weighted by Crippen LogP contribution is -2.02. The second-order valence-corrected chi connectivity index (χ2v) is 5.83. The van der Waals surface area contributed by atoms with E-state index in [1.807, 2.05) is 11.8 Å². The molecule has 0 spiro atoms. The highest BCUT2D eigenvalue weighted by Gasteiger charge is 2.10. The summed E-state index contributed by atoms with van der Waals surface area (Å²) in [6.45, 7) is 0.786. The maximum Gasteiger partial charge on any atom is 0.0126 e. The lowest BCUT2D eigenvalue weighted by molar-refractivity contribution is 0.771. The molecule has 0 aliphatic carbocycles. The Hall–Kier alpha value is -0.730. The van der Waals surface area contributed by atoms with E-state index in [0.717, 1.165) is 24.6 Å². The minimum atomic E-state index is 0.786. The van der Waals surface area contributed by atoms with Gasteiger partial charge in [0, 0.05) is 5.25 Å². The smallest absolute Gasteiger partial charge is 0.0126 e. The topological polar surface area (TPSA) is 26.0 Å². The Morgan fingerprint density at radius 1 is 1.24 bits per heavy atom. The van der Waals surface area contributed by atoms with Gasteiger partial charge in [0.2, 0.25) is 0 Å². The third kappa shape index (κ3) is 4.21. The van der Waals surface area contributed by atoms with Crippen molar-refractivity contribution in [2.24, 2.45) is 5.73 Å². The van der Waals surface area contributed by atoms with Gasteiger partial charge in [0.1, 0.15) is 0 Å². The van der Waals surface area contributed by atoms with Crippen LogP contribution in [0.25, 0.3) is 0 Å². The zero-order chi connectivity index (χ0) is 11.9. The summed E-state index contributed by atoms with van der Waals surface area (Å²) in [6, 6.07) is 8.99. The van der Waals surface area contributed by atoms with Crippen LogP contribution >= 0.6 is 11.8 Å². The van der Waals surface area contributed by atoms with Crippen molar-refractivity contribution in [2.75, 3.05) is 6.54 Å². The quantitative estimate of drug-likeness (QED) is 0.832. The molecule has 17 heavy (non-hydrogen) atoms. The molecule has 0 bridgehead atoms. The van der Waals surface area contributed by atoms with E-state index >= 15 is 0 Å². The predicted molar refractivity (Wildman–Crippen MR) is 77.3 cm³/mol. The van der Waals surface area contributed by atoms with Crippen molar-refractivity contribution in [2.45, 2.75) is 37.4 Å². The molecule has 2 rings (SSSR count). The molecular formula is C15H21NS. The van der Waals surface area contributed by atoms with Crippen molar-refractivity contribution in [3.05, 3.63) is 46.9 Å². The molecule has 1 heterocycles. The summed E-state index contributed by atoms with van der Waals surface area (Å²) in [5.41, 5.74) is 8.46. The van der Waals surface area contributed by atoms with E-state index in [0.29, 0.717) is 0 Å². The van der Waals surface area contributed by atoms with Gasteiger partial charge in [-0.15, -0.1) is 11.8 Å². The number of nitrogens with two attached hydrogens (primary N) is 1. The van der Waals surface area contributed by atoms with E-state index in [1.165, 1.54) is 30.4 Å². The van der Waals surface area contributed by atoms with Crippen LogP contribution in [0.5, 0.6) is 0 Å². The zero-order valence-corrected chi connectivity index (χ0v) is 11.1. The van der Waals surface area contributed by atoms with Crippen molar-refractivity contribution in [3.63, 3.8) is 0 Å². The van der Waals surface area contributed by atoms with Crippen molar-refractivity contribution in [1.82, 2.24) is 0 Å². The predicted octanol–water partition coefficient (Wildman–Crippen LogP) is 3.53. The van der Waals surface area contributed by atoms with Crippen LogP contribution in [0.3, 0.4) is 0 Å². The van der Waals surface area contributed by atoms with Gasteiger partial charge in [0.05, 0.1) is 0 Å². The zero-order valence-electron chi connectivity index (χ0n) is 10.3. The van der Waals surface area contributed by atoms with Crippen molar-refractivity contribution in [1.29, 1.82) is 0 Å². The summed E-state index contributed by atoms with van der Waals surface area (Å²) in [5.74, 6) is 0. The van der Waals surface area contributed by atoms with Gasteiger partial charge < -0.3 is 5.73 Å². The minimum absolute atomic E-state index is 0.786. The average Bonchev–Trinajstić information content (AvgIpc) is 2.87. The first-order chi connectivity index (χ1) is 8.38. The van der Waals surface area contributed by atoms with Gasteiger partial charge in [0.15, 0.2) is 0 Å². The first-order valence-corrected chi connectivity index (χ1v) is 7.41. The lowest BCUT2D eigenvalue weighted by atomic mass is 10.0. The van der Waals surface area contributed by atoms with Crippen LogP contribution < -0.4 is 5.73 Å². The normalized spacial score (nSPS) is 18.8. The van der Waals surface area contributed by atoms with E-state index in [9.17, 15) is 0 Å². The number of rotatable bonds is 6. The van der Waals surface area contributed by atoms with Gasteiger partial charge >= 0.3 is 0 Å². The van der Waals surface area contributed by atoms with E-state index in [4.69, 9.17) is 5.73 Å². The fraction of sp³-hybridized carbons (Fsp3) is 0.467. The highest BCUT2D eigenvalue weighted by atomic mass is 32.2. The fourth-order valence-corrected chi connectivity index (χ4v) is 3.11. The maximum atomic E-state index is 5.55. The first-order valence-electron chi connectivity index (χ1n) is 6.47. The molecule has 1 unspecified atom stereocenters. The second-order valence-electron chi connectivity index (χ2n) is 4.62. The summed E-state index contributed by atoms with van der Waals surface area (Å²) >= 11 is 1.98. The van der Waals surface area contributed by atoms with Crippen LogP contribution in [0.1, 0.15) is 30.4 Å². The Bertz CT molecular complexity index is 365. The molecule has 1 nitrogen and oxygen atoms in total.